The van der Waals surface area contributed by atoms with Gasteiger partial charge in [0.1, 0.15) is 6.10 Å². The SMILES string of the molecule is CC1(C)O[C@H](C(=O)O)[C@@H](c2ccccc2[N+](=O)[O-])O1. The number of nitro benzene ring substituents is 1. The van der Waals surface area contributed by atoms with E-state index in [-0.39, 0.29) is 11.3 Å². The van der Waals surface area contributed by atoms with E-state index in [9.17, 15) is 14.9 Å². The van der Waals surface area contributed by atoms with Crippen LogP contribution in [0.25, 0.3) is 0 Å². The first-order valence-corrected chi connectivity index (χ1v) is 5.63. The average molecular weight is 267 g/mol. The fourth-order valence-corrected chi connectivity index (χ4v) is 2.06. The number of carboxylic acids is 1. The van der Waals surface area contributed by atoms with Crippen molar-refractivity contribution in [3.8, 4) is 0 Å². The van der Waals surface area contributed by atoms with Crippen LogP contribution in [0.1, 0.15) is 25.5 Å². The van der Waals surface area contributed by atoms with Crippen LogP contribution in [0, 0.1) is 10.1 Å². The first kappa shape index (κ1) is 13.4. The number of rotatable bonds is 3. The van der Waals surface area contributed by atoms with Crippen molar-refractivity contribution in [3.05, 3.63) is 39.9 Å². The summed E-state index contributed by atoms with van der Waals surface area (Å²) in [5.74, 6) is -2.31. The molecule has 0 bridgehead atoms. The van der Waals surface area contributed by atoms with Gasteiger partial charge in [-0.25, -0.2) is 4.79 Å². The maximum absolute atomic E-state index is 11.2. The molecule has 7 nitrogen and oxygen atoms in total. The van der Waals surface area contributed by atoms with Crippen LogP contribution in [-0.4, -0.2) is 27.9 Å². The second-order valence-corrected chi connectivity index (χ2v) is 4.63. The van der Waals surface area contributed by atoms with Crippen LogP contribution >= 0.6 is 0 Å². The number of hydrogen-bond donors (Lipinski definition) is 1. The van der Waals surface area contributed by atoms with Gasteiger partial charge in [0, 0.05) is 6.07 Å². The second kappa shape index (κ2) is 4.60. The molecule has 1 aliphatic rings. The highest BCUT2D eigenvalue weighted by atomic mass is 16.8. The molecule has 0 unspecified atom stereocenters. The van der Waals surface area contributed by atoms with Gasteiger partial charge in [0.25, 0.3) is 5.69 Å². The van der Waals surface area contributed by atoms with Gasteiger partial charge < -0.3 is 14.6 Å². The van der Waals surface area contributed by atoms with Crippen LogP contribution in [0.4, 0.5) is 5.69 Å². The van der Waals surface area contributed by atoms with Crippen LogP contribution in [-0.2, 0) is 14.3 Å². The molecule has 2 rings (SSSR count). The van der Waals surface area contributed by atoms with Crippen LogP contribution in [0.5, 0.6) is 0 Å². The van der Waals surface area contributed by atoms with Gasteiger partial charge in [-0.15, -0.1) is 0 Å². The molecule has 7 heteroatoms. The zero-order valence-electron chi connectivity index (χ0n) is 10.4. The van der Waals surface area contributed by atoms with Gasteiger partial charge >= 0.3 is 5.97 Å². The molecular weight excluding hydrogens is 254 g/mol. The number of nitro groups is 1. The summed E-state index contributed by atoms with van der Waals surface area (Å²) in [5.41, 5.74) is 0.0190. The highest BCUT2D eigenvalue weighted by molar-refractivity contribution is 5.74. The maximum Gasteiger partial charge on any atom is 0.336 e. The first-order chi connectivity index (χ1) is 8.82. The highest BCUT2D eigenvalue weighted by Crippen LogP contribution is 2.41. The molecule has 1 aliphatic heterocycles. The number of benzene rings is 1. The monoisotopic (exact) mass is 267 g/mol. The van der Waals surface area contributed by atoms with E-state index in [1.54, 1.807) is 19.9 Å². The normalized spacial score (nSPS) is 25.2. The molecule has 0 spiro atoms. The van der Waals surface area contributed by atoms with E-state index in [1.165, 1.54) is 18.2 Å². The molecule has 1 heterocycles. The number of aliphatic carboxylic acids is 1. The molecule has 0 aliphatic carbocycles. The Bertz CT molecular complexity index is 527. The topological polar surface area (TPSA) is 98.9 Å². The van der Waals surface area contributed by atoms with Gasteiger partial charge in [0.05, 0.1) is 10.5 Å². The fourth-order valence-electron chi connectivity index (χ4n) is 2.06. The standard InChI is InChI=1S/C12H13NO6/c1-12(2)18-9(10(19-12)11(14)15)7-5-3-4-6-8(7)13(16)17/h3-6,9-10H,1-2H3,(H,14,15)/t9-,10+/m1/s1. The Kier molecular flexibility index (Phi) is 3.25. The molecule has 1 aromatic carbocycles. The molecule has 19 heavy (non-hydrogen) atoms. The highest BCUT2D eigenvalue weighted by Gasteiger charge is 2.48. The van der Waals surface area contributed by atoms with Crippen molar-refractivity contribution >= 4 is 11.7 Å². The summed E-state index contributed by atoms with van der Waals surface area (Å²) < 4.78 is 10.8. The van der Waals surface area contributed by atoms with Crippen molar-refractivity contribution in [1.29, 1.82) is 0 Å². The van der Waals surface area contributed by atoms with Gasteiger partial charge in [0.2, 0.25) is 0 Å². The van der Waals surface area contributed by atoms with E-state index >= 15 is 0 Å². The minimum Gasteiger partial charge on any atom is -0.479 e. The van der Waals surface area contributed by atoms with Crippen molar-refractivity contribution in [2.24, 2.45) is 0 Å². The molecule has 0 amide bonds. The number of ether oxygens (including phenoxy) is 2. The van der Waals surface area contributed by atoms with Crippen molar-refractivity contribution in [3.63, 3.8) is 0 Å². The van der Waals surface area contributed by atoms with E-state index in [2.05, 4.69) is 0 Å². The quantitative estimate of drug-likeness (QED) is 0.663. The summed E-state index contributed by atoms with van der Waals surface area (Å²) in [4.78, 5) is 21.6. The predicted octanol–water partition coefficient (Wildman–Crippen LogP) is 1.87. The van der Waals surface area contributed by atoms with Crippen LogP contribution in [0.3, 0.4) is 0 Å². The summed E-state index contributed by atoms with van der Waals surface area (Å²) in [5, 5.41) is 20.1. The Morgan fingerprint density at radius 1 is 1.37 bits per heavy atom. The van der Waals surface area contributed by atoms with Crippen LogP contribution in [0.15, 0.2) is 24.3 Å². The maximum atomic E-state index is 11.2. The van der Waals surface area contributed by atoms with Gasteiger partial charge in [-0.05, 0) is 19.9 Å². The van der Waals surface area contributed by atoms with Gasteiger partial charge in [-0.1, -0.05) is 12.1 Å². The zero-order chi connectivity index (χ0) is 14.2. The molecule has 0 aromatic heterocycles. The Morgan fingerprint density at radius 2 is 2.00 bits per heavy atom. The second-order valence-electron chi connectivity index (χ2n) is 4.63. The fraction of sp³-hybridized carbons (Fsp3) is 0.417. The van der Waals surface area contributed by atoms with Gasteiger partial charge in [-0.3, -0.25) is 10.1 Å². The van der Waals surface area contributed by atoms with E-state index in [0.29, 0.717) is 0 Å². The van der Waals surface area contributed by atoms with Gasteiger partial charge in [0.15, 0.2) is 11.9 Å². The van der Waals surface area contributed by atoms with Crippen molar-refractivity contribution < 1.29 is 24.3 Å². The lowest BCUT2D eigenvalue weighted by Crippen LogP contribution is -2.27. The Morgan fingerprint density at radius 3 is 2.58 bits per heavy atom. The summed E-state index contributed by atoms with van der Waals surface area (Å²) >= 11 is 0. The largest absolute Gasteiger partial charge is 0.479 e. The predicted molar refractivity (Wildman–Crippen MR) is 63.5 cm³/mol. The average Bonchev–Trinajstić information content (AvgIpc) is 2.65. The lowest BCUT2D eigenvalue weighted by atomic mass is 10.0. The summed E-state index contributed by atoms with van der Waals surface area (Å²) in [6, 6.07) is 5.89. The molecule has 102 valence electrons. The van der Waals surface area contributed by atoms with Crippen molar-refractivity contribution in [2.75, 3.05) is 0 Å². The van der Waals surface area contributed by atoms with E-state index in [0.717, 1.165) is 0 Å². The lowest BCUT2D eigenvalue weighted by molar-refractivity contribution is -0.386. The smallest absolute Gasteiger partial charge is 0.336 e. The van der Waals surface area contributed by atoms with E-state index in [1.807, 2.05) is 0 Å². The number of para-hydroxylation sites is 1. The van der Waals surface area contributed by atoms with Crippen molar-refractivity contribution in [2.45, 2.75) is 31.8 Å². The zero-order valence-corrected chi connectivity index (χ0v) is 10.4. The summed E-state index contributed by atoms with van der Waals surface area (Å²) in [6.07, 6.45) is -2.27. The molecule has 2 atom stereocenters. The summed E-state index contributed by atoms with van der Waals surface area (Å²) in [6.45, 7) is 3.13. The Hall–Kier alpha value is -1.99. The van der Waals surface area contributed by atoms with Crippen molar-refractivity contribution in [1.82, 2.24) is 0 Å². The first-order valence-electron chi connectivity index (χ1n) is 5.63. The molecular formula is C12H13NO6. The van der Waals surface area contributed by atoms with Crippen LogP contribution < -0.4 is 0 Å². The Labute approximate surface area is 108 Å². The third-order valence-corrected chi connectivity index (χ3v) is 2.78. The minimum absolute atomic E-state index is 0.181. The number of nitrogens with zero attached hydrogens (tertiary/aromatic N) is 1. The van der Waals surface area contributed by atoms with E-state index in [4.69, 9.17) is 14.6 Å². The molecule has 1 fully saturated rings. The number of hydrogen-bond acceptors (Lipinski definition) is 5. The number of carboxylic acid groups (broad SMARTS) is 1. The summed E-state index contributed by atoms with van der Waals surface area (Å²) in [7, 11) is 0. The number of carbonyl (C=O) groups is 1. The van der Waals surface area contributed by atoms with Gasteiger partial charge in [-0.2, -0.15) is 0 Å². The molecule has 1 N–H and O–H groups in total. The molecule has 1 aromatic rings. The molecule has 1 saturated heterocycles. The molecule has 0 radical (unpaired) electrons. The van der Waals surface area contributed by atoms with E-state index < -0.39 is 28.9 Å². The minimum atomic E-state index is -1.27. The molecule has 0 saturated carbocycles. The van der Waals surface area contributed by atoms with Crippen LogP contribution in [0.2, 0.25) is 0 Å². The Balaban J connectivity index is 2.45. The lowest BCUT2D eigenvalue weighted by Gasteiger charge is -2.16. The third-order valence-electron chi connectivity index (χ3n) is 2.78. The third kappa shape index (κ3) is 2.56.